The summed E-state index contributed by atoms with van der Waals surface area (Å²) >= 11 is 0. The molecule has 1 aromatic heterocycles. The zero-order valence-corrected chi connectivity index (χ0v) is 28.4. The fourth-order valence-corrected chi connectivity index (χ4v) is 8.30. The predicted molar refractivity (Wildman–Crippen MR) is 212 cm³/mol. The van der Waals surface area contributed by atoms with Crippen molar-refractivity contribution in [3.05, 3.63) is 175 Å². The Morgan fingerprint density at radius 3 is 1.31 bits per heavy atom. The van der Waals surface area contributed by atoms with E-state index in [-0.39, 0.29) is 5.41 Å². The van der Waals surface area contributed by atoms with Crippen molar-refractivity contribution in [1.29, 1.82) is 0 Å². The minimum absolute atomic E-state index is 0.0709. The van der Waals surface area contributed by atoms with Gasteiger partial charge in [-0.2, -0.15) is 0 Å². The second-order valence-electron chi connectivity index (χ2n) is 14.0. The molecule has 240 valence electrons. The Bertz CT molecular complexity index is 2740. The zero-order valence-electron chi connectivity index (χ0n) is 28.4. The molecule has 0 spiro atoms. The molecule has 0 aliphatic heterocycles. The second kappa shape index (κ2) is 11.3. The third-order valence-corrected chi connectivity index (χ3v) is 10.8. The maximum atomic E-state index is 5.27. The summed E-state index contributed by atoms with van der Waals surface area (Å²) in [5.41, 5.74) is 10.7. The van der Waals surface area contributed by atoms with Crippen LogP contribution in [0, 0.1) is 0 Å². The Kier molecular flexibility index (Phi) is 6.53. The van der Waals surface area contributed by atoms with Crippen LogP contribution in [0.15, 0.2) is 164 Å². The van der Waals surface area contributed by atoms with E-state index in [2.05, 4.69) is 178 Å². The monoisotopic (exact) mass is 651 g/mol. The molecule has 0 radical (unpaired) electrons. The Labute approximate surface area is 297 Å². The van der Waals surface area contributed by atoms with Gasteiger partial charge in [0.25, 0.3) is 0 Å². The Morgan fingerprint density at radius 1 is 0.314 bits per heavy atom. The van der Waals surface area contributed by atoms with Crippen molar-refractivity contribution in [2.75, 3.05) is 0 Å². The highest BCUT2D eigenvalue weighted by Crippen LogP contribution is 2.52. The summed E-state index contributed by atoms with van der Waals surface area (Å²) in [7, 11) is 0. The molecule has 0 unspecified atom stereocenters. The summed E-state index contributed by atoms with van der Waals surface area (Å²) in [6.07, 6.45) is 0. The van der Waals surface area contributed by atoms with Gasteiger partial charge in [-0.15, -0.1) is 0 Å². The van der Waals surface area contributed by atoms with Crippen molar-refractivity contribution in [3.63, 3.8) is 0 Å². The van der Waals surface area contributed by atoms with Crippen LogP contribution in [-0.4, -0.2) is 15.0 Å². The molecule has 10 rings (SSSR count). The van der Waals surface area contributed by atoms with E-state index >= 15 is 0 Å². The number of aromatic nitrogens is 3. The van der Waals surface area contributed by atoms with E-state index in [0.717, 1.165) is 43.6 Å². The zero-order chi connectivity index (χ0) is 34.1. The molecule has 0 saturated carbocycles. The Hall–Kier alpha value is -6.45. The predicted octanol–water partition coefficient (Wildman–Crippen LogP) is 12.3. The van der Waals surface area contributed by atoms with Gasteiger partial charge in [-0.1, -0.05) is 178 Å². The molecule has 3 nitrogen and oxygen atoms in total. The Balaban J connectivity index is 1.23. The summed E-state index contributed by atoms with van der Waals surface area (Å²) in [5.74, 6) is 1.98. The molecule has 0 atom stereocenters. The van der Waals surface area contributed by atoms with Crippen molar-refractivity contribution in [2.45, 2.75) is 19.3 Å². The van der Waals surface area contributed by atoms with Crippen LogP contribution in [-0.2, 0) is 5.41 Å². The standard InChI is InChI=1S/C48H33N3/c1-48(2)42-28-8-7-20-41(42)44-37(24-13-29-43(44)48)35-22-11-23-36-34(35)21-12-27-40(36)47-50-45(38-25-9-16-30-14-3-5-18-32(30)38)49-46(51-47)39-26-10-17-31-15-4-6-19-33(31)39/h3-29H,1-2H3. The third-order valence-electron chi connectivity index (χ3n) is 10.8. The molecule has 0 saturated heterocycles. The van der Waals surface area contributed by atoms with Crippen LogP contribution in [0.1, 0.15) is 25.0 Å². The molecule has 51 heavy (non-hydrogen) atoms. The summed E-state index contributed by atoms with van der Waals surface area (Å²) in [4.78, 5) is 15.7. The third kappa shape index (κ3) is 4.55. The minimum atomic E-state index is -0.0709. The van der Waals surface area contributed by atoms with Crippen molar-refractivity contribution >= 4 is 32.3 Å². The summed E-state index contributed by atoms with van der Waals surface area (Å²) in [5, 5.41) is 6.81. The van der Waals surface area contributed by atoms with E-state index in [4.69, 9.17) is 15.0 Å². The van der Waals surface area contributed by atoms with Gasteiger partial charge in [0, 0.05) is 22.1 Å². The smallest absolute Gasteiger partial charge is 0.164 e. The molecular formula is C48H33N3. The number of rotatable bonds is 4. The summed E-state index contributed by atoms with van der Waals surface area (Å²) in [6.45, 7) is 4.68. The lowest BCUT2D eigenvalue weighted by molar-refractivity contribution is 0.660. The van der Waals surface area contributed by atoms with Crippen LogP contribution in [0.2, 0.25) is 0 Å². The van der Waals surface area contributed by atoms with Crippen molar-refractivity contribution in [2.24, 2.45) is 0 Å². The van der Waals surface area contributed by atoms with Crippen LogP contribution < -0.4 is 0 Å². The fraction of sp³-hybridized carbons (Fsp3) is 0.0625. The highest BCUT2D eigenvalue weighted by Gasteiger charge is 2.36. The van der Waals surface area contributed by atoms with Gasteiger partial charge < -0.3 is 0 Å². The summed E-state index contributed by atoms with van der Waals surface area (Å²) < 4.78 is 0. The van der Waals surface area contributed by atoms with Crippen LogP contribution in [0.3, 0.4) is 0 Å². The SMILES string of the molecule is CC1(C)c2ccccc2-c2c(-c3cccc4c(-c5nc(-c6cccc7ccccc67)nc(-c6cccc7ccccc67)n5)cccc34)cccc21. The molecule has 0 fully saturated rings. The average molecular weight is 652 g/mol. The lowest BCUT2D eigenvalue weighted by Gasteiger charge is -2.21. The van der Waals surface area contributed by atoms with Crippen molar-refractivity contribution in [1.82, 2.24) is 15.0 Å². The van der Waals surface area contributed by atoms with Gasteiger partial charge in [-0.25, -0.2) is 15.0 Å². The topological polar surface area (TPSA) is 38.7 Å². The van der Waals surface area contributed by atoms with Gasteiger partial charge in [0.1, 0.15) is 0 Å². The normalized spacial score (nSPS) is 13.1. The Morgan fingerprint density at radius 2 is 0.686 bits per heavy atom. The van der Waals surface area contributed by atoms with Gasteiger partial charge in [0.15, 0.2) is 17.5 Å². The lowest BCUT2D eigenvalue weighted by atomic mass is 9.82. The maximum Gasteiger partial charge on any atom is 0.164 e. The van der Waals surface area contributed by atoms with Crippen LogP contribution in [0.4, 0.5) is 0 Å². The van der Waals surface area contributed by atoms with Crippen LogP contribution >= 0.6 is 0 Å². The molecule has 0 amide bonds. The first kappa shape index (κ1) is 29.5. The summed E-state index contributed by atoms with van der Waals surface area (Å²) in [6, 6.07) is 58.3. The number of fused-ring (bicyclic) bond motifs is 6. The van der Waals surface area contributed by atoms with E-state index in [1.165, 1.54) is 38.8 Å². The van der Waals surface area contributed by atoms with E-state index in [1.54, 1.807) is 0 Å². The van der Waals surface area contributed by atoms with Gasteiger partial charge in [0.05, 0.1) is 0 Å². The lowest BCUT2D eigenvalue weighted by Crippen LogP contribution is -2.14. The van der Waals surface area contributed by atoms with E-state index in [0.29, 0.717) is 17.5 Å². The maximum absolute atomic E-state index is 5.27. The molecule has 8 aromatic carbocycles. The molecular weight excluding hydrogens is 619 g/mol. The van der Waals surface area contributed by atoms with Gasteiger partial charge in [0.2, 0.25) is 0 Å². The molecule has 0 bridgehead atoms. The highest BCUT2D eigenvalue weighted by atomic mass is 15.0. The van der Waals surface area contributed by atoms with Crippen molar-refractivity contribution < 1.29 is 0 Å². The first-order chi connectivity index (χ1) is 25.1. The quantitative estimate of drug-likeness (QED) is 0.190. The second-order valence-corrected chi connectivity index (χ2v) is 14.0. The first-order valence-electron chi connectivity index (χ1n) is 17.5. The number of hydrogen-bond donors (Lipinski definition) is 0. The highest BCUT2D eigenvalue weighted by molar-refractivity contribution is 6.07. The van der Waals surface area contributed by atoms with Gasteiger partial charge in [-0.05, 0) is 65.7 Å². The number of benzene rings is 8. The molecule has 0 N–H and O–H groups in total. The molecule has 3 heteroatoms. The minimum Gasteiger partial charge on any atom is -0.208 e. The van der Waals surface area contributed by atoms with Gasteiger partial charge >= 0.3 is 0 Å². The molecule has 1 heterocycles. The first-order valence-corrected chi connectivity index (χ1v) is 17.5. The van der Waals surface area contributed by atoms with E-state index in [9.17, 15) is 0 Å². The van der Waals surface area contributed by atoms with Crippen LogP contribution in [0.25, 0.3) is 88.7 Å². The number of nitrogens with zero attached hydrogens (tertiary/aromatic N) is 3. The van der Waals surface area contributed by atoms with Crippen LogP contribution in [0.5, 0.6) is 0 Å². The molecule has 1 aliphatic carbocycles. The molecule has 9 aromatic rings. The van der Waals surface area contributed by atoms with Crippen molar-refractivity contribution in [3.8, 4) is 56.4 Å². The largest absolute Gasteiger partial charge is 0.208 e. The van der Waals surface area contributed by atoms with E-state index < -0.39 is 0 Å². The average Bonchev–Trinajstić information content (AvgIpc) is 3.43. The molecule has 1 aliphatic rings. The fourth-order valence-electron chi connectivity index (χ4n) is 8.30. The number of hydrogen-bond acceptors (Lipinski definition) is 3. The van der Waals surface area contributed by atoms with Gasteiger partial charge in [-0.3, -0.25) is 0 Å². The van der Waals surface area contributed by atoms with E-state index in [1.807, 2.05) is 0 Å².